The van der Waals surface area contributed by atoms with Gasteiger partial charge in [0.05, 0.1) is 12.1 Å². The van der Waals surface area contributed by atoms with Gasteiger partial charge in [-0.25, -0.2) is 5.43 Å². The van der Waals surface area contributed by atoms with Crippen molar-refractivity contribution in [1.29, 1.82) is 0 Å². The van der Waals surface area contributed by atoms with Crippen LogP contribution >= 0.6 is 0 Å². The number of benzene rings is 1. The normalized spacial score (nSPS) is 15.9. The van der Waals surface area contributed by atoms with Gasteiger partial charge in [-0.3, -0.25) is 4.79 Å². The largest absolute Gasteiger partial charge is 0.273 e. The standard InChI is InChI=1S/C13H16N2O/c1-13(2,3)10-6-4-9(5-7-10)11-8-12(16)15-14-11/h4-7H,8H2,1-3H3,(H,15,16). The highest BCUT2D eigenvalue weighted by Gasteiger charge is 2.17. The van der Waals surface area contributed by atoms with Crippen LogP contribution in [0.2, 0.25) is 0 Å². The monoisotopic (exact) mass is 216 g/mol. The van der Waals surface area contributed by atoms with Crippen LogP contribution in [0.3, 0.4) is 0 Å². The van der Waals surface area contributed by atoms with Crippen LogP contribution in [0.4, 0.5) is 0 Å². The van der Waals surface area contributed by atoms with E-state index in [-0.39, 0.29) is 11.3 Å². The maximum atomic E-state index is 11.0. The van der Waals surface area contributed by atoms with E-state index >= 15 is 0 Å². The number of hydrazone groups is 1. The van der Waals surface area contributed by atoms with Gasteiger partial charge in [0.1, 0.15) is 0 Å². The molecule has 0 unspecified atom stereocenters. The molecule has 3 heteroatoms. The molecule has 0 aromatic heterocycles. The van der Waals surface area contributed by atoms with Crippen molar-refractivity contribution in [2.24, 2.45) is 5.10 Å². The van der Waals surface area contributed by atoms with Gasteiger partial charge in [0.15, 0.2) is 0 Å². The molecule has 1 aromatic carbocycles. The minimum Gasteiger partial charge on any atom is -0.273 e. The number of carbonyl (C=O) groups is 1. The highest BCUT2D eigenvalue weighted by molar-refractivity contribution is 6.13. The Hall–Kier alpha value is -1.64. The van der Waals surface area contributed by atoms with Crippen LogP contribution in [0.1, 0.15) is 38.3 Å². The van der Waals surface area contributed by atoms with Gasteiger partial charge in [-0.05, 0) is 16.5 Å². The predicted molar refractivity (Wildman–Crippen MR) is 64.4 cm³/mol. The molecule has 2 rings (SSSR count). The maximum Gasteiger partial charge on any atom is 0.246 e. The van der Waals surface area contributed by atoms with Crippen molar-refractivity contribution >= 4 is 11.6 Å². The minimum absolute atomic E-state index is 0.0325. The SMILES string of the molecule is CC(C)(C)c1ccc(C2=NNC(=O)C2)cc1. The average molecular weight is 216 g/mol. The van der Waals surface area contributed by atoms with Crippen molar-refractivity contribution in [1.82, 2.24) is 5.43 Å². The first kappa shape index (κ1) is 10.9. The third-order valence-corrected chi connectivity index (χ3v) is 2.73. The van der Waals surface area contributed by atoms with E-state index in [4.69, 9.17) is 0 Å². The van der Waals surface area contributed by atoms with Gasteiger partial charge in [0, 0.05) is 0 Å². The molecular formula is C13H16N2O. The van der Waals surface area contributed by atoms with Crippen LogP contribution in [-0.2, 0) is 10.2 Å². The van der Waals surface area contributed by atoms with E-state index in [0.717, 1.165) is 11.3 Å². The van der Waals surface area contributed by atoms with Gasteiger partial charge in [0.25, 0.3) is 0 Å². The van der Waals surface area contributed by atoms with Crippen LogP contribution in [0, 0.1) is 0 Å². The number of hydrogen-bond donors (Lipinski definition) is 1. The summed E-state index contributed by atoms with van der Waals surface area (Å²) in [6.07, 6.45) is 0.384. The summed E-state index contributed by atoms with van der Waals surface area (Å²) in [6.45, 7) is 6.54. The quantitative estimate of drug-likeness (QED) is 0.768. The Bertz CT molecular complexity index is 438. The first-order valence-corrected chi connectivity index (χ1v) is 5.43. The molecule has 1 amide bonds. The summed E-state index contributed by atoms with van der Waals surface area (Å²) in [5.74, 6) is -0.0325. The molecule has 0 bridgehead atoms. The fraction of sp³-hybridized carbons (Fsp3) is 0.385. The van der Waals surface area contributed by atoms with Crippen molar-refractivity contribution in [3.05, 3.63) is 35.4 Å². The summed E-state index contributed by atoms with van der Waals surface area (Å²) in [5, 5.41) is 4.00. The first-order valence-electron chi connectivity index (χ1n) is 5.43. The summed E-state index contributed by atoms with van der Waals surface area (Å²) >= 11 is 0. The molecule has 0 saturated carbocycles. The Morgan fingerprint density at radius 1 is 1.19 bits per heavy atom. The van der Waals surface area contributed by atoms with Crippen molar-refractivity contribution in [3.63, 3.8) is 0 Å². The second-order valence-corrected chi connectivity index (χ2v) is 5.10. The topological polar surface area (TPSA) is 41.5 Å². The number of carbonyl (C=O) groups excluding carboxylic acids is 1. The second-order valence-electron chi connectivity index (χ2n) is 5.10. The lowest BCUT2D eigenvalue weighted by atomic mass is 9.86. The van der Waals surface area contributed by atoms with Crippen LogP contribution in [0.25, 0.3) is 0 Å². The molecule has 1 heterocycles. The molecular weight excluding hydrogens is 200 g/mol. The van der Waals surface area contributed by atoms with Crippen LogP contribution in [0.5, 0.6) is 0 Å². The molecule has 1 aliphatic rings. The van der Waals surface area contributed by atoms with Crippen LogP contribution < -0.4 is 5.43 Å². The molecule has 1 aromatic rings. The lowest BCUT2D eigenvalue weighted by Gasteiger charge is -2.19. The fourth-order valence-corrected chi connectivity index (χ4v) is 1.69. The molecule has 1 N–H and O–H groups in total. The third kappa shape index (κ3) is 2.13. The summed E-state index contributed by atoms with van der Waals surface area (Å²) < 4.78 is 0. The summed E-state index contributed by atoms with van der Waals surface area (Å²) in [4.78, 5) is 11.0. The smallest absolute Gasteiger partial charge is 0.246 e. The van der Waals surface area contributed by atoms with E-state index in [2.05, 4.69) is 43.4 Å². The lowest BCUT2D eigenvalue weighted by molar-refractivity contribution is -0.119. The van der Waals surface area contributed by atoms with Gasteiger partial charge in [-0.1, -0.05) is 45.0 Å². The number of nitrogens with zero attached hydrogens (tertiary/aromatic N) is 1. The number of hydrogen-bond acceptors (Lipinski definition) is 2. The van der Waals surface area contributed by atoms with Crippen molar-refractivity contribution < 1.29 is 4.79 Å². The van der Waals surface area contributed by atoms with Gasteiger partial charge in [0.2, 0.25) is 5.91 Å². The molecule has 0 aliphatic carbocycles. The highest BCUT2D eigenvalue weighted by atomic mass is 16.2. The Morgan fingerprint density at radius 2 is 1.81 bits per heavy atom. The van der Waals surface area contributed by atoms with Crippen molar-refractivity contribution in [3.8, 4) is 0 Å². The Labute approximate surface area is 95.6 Å². The molecule has 0 atom stereocenters. The number of amides is 1. The van der Waals surface area contributed by atoms with Gasteiger partial charge in [-0.15, -0.1) is 0 Å². The van der Waals surface area contributed by atoms with E-state index in [1.807, 2.05) is 12.1 Å². The summed E-state index contributed by atoms with van der Waals surface area (Å²) in [6, 6.07) is 8.25. The molecule has 0 saturated heterocycles. The molecule has 3 nitrogen and oxygen atoms in total. The fourth-order valence-electron chi connectivity index (χ4n) is 1.69. The predicted octanol–water partition coefficient (Wildman–Crippen LogP) is 2.21. The van der Waals surface area contributed by atoms with E-state index in [1.54, 1.807) is 0 Å². The Morgan fingerprint density at radius 3 is 2.25 bits per heavy atom. The molecule has 0 spiro atoms. The van der Waals surface area contributed by atoms with E-state index < -0.39 is 0 Å². The lowest BCUT2D eigenvalue weighted by Crippen LogP contribution is -2.11. The minimum atomic E-state index is -0.0325. The van der Waals surface area contributed by atoms with Crippen molar-refractivity contribution in [2.75, 3.05) is 0 Å². The zero-order chi connectivity index (χ0) is 11.8. The molecule has 16 heavy (non-hydrogen) atoms. The Balaban J connectivity index is 2.23. The zero-order valence-electron chi connectivity index (χ0n) is 9.87. The highest BCUT2D eigenvalue weighted by Crippen LogP contribution is 2.22. The number of rotatable bonds is 1. The van der Waals surface area contributed by atoms with E-state index in [1.165, 1.54) is 5.56 Å². The van der Waals surface area contributed by atoms with E-state index in [0.29, 0.717) is 6.42 Å². The zero-order valence-corrected chi connectivity index (χ0v) is 9.87. The van der Waals surface area contributed by atoms with Crippen molar-refractivity contribution in [2.45, 2.75) is 32.6 Å². The van der Waals surface area contributed by atoms with Crippen LogP contribution in [-0.4, -0.2) is 11.6 Å². The molecule has 0 radical (unpaired) electrons. The van der Waals surface area contributed by atoms with E-state index in [9.17, 15) is 4.79 Å². The Kier molecular flexibility index (Phi) is 2.54. The molecule has 1 aliphatic heterocycles. The third-order valence-electron chi connectivity index (χ3n) is 2.73. The summed E-state index contributed by atoms with van der Waals surface area (Å²) in [5.41, 5.74) is 5.75. The second kappa shape index (κ2) is 3.74. The molecule has 0 fully saturated rings. The maximum absolute atomic E-state index is 11.0. The average Bonchev–Trinajstić information content (AvgIpc) is 2.64. The molecule has 84 valence electrons. The van der Waals surface area contributed by atoms with Gasteiger partial charge < -0.3 is 0 Å². The first-order chi connectivity index (χ1) is 7.47. The van der Waals surface area contributed by atoms with Gasteiger partial charge in [-0.2, -0.15) is 5.10 Å². The number of nitrogens with one attached hydrogen (secondary N) is 1. The van der Waals surface area contributed by atoms with Crippen LogP contribution in [0.15, 0.2) is 29.4 Å². The summed E-state index contributed by atoms with van der Waals surface area (Å²) in [7, 11) is 0. The van der Waals surface area contributed by atoms with Gasteiger partial charge >= 0.3 is 0 Å².